The fourth-order valence-corrected chi connectivity index (χ4v) is 8.69. The zero-order valence-corrected chi connectivity index (χ0v) is 22.9. The lowest BCUT2D eigenvalue weighted by atomic mass is 9.48. The van der Waals surface area contributed by atoms with Gasteiger partial charge < -0.3 is 24.1 Å². The van der Waals surface area contributed by atoms with Crippen molar-refractivity contribution in [2.24, 2.45) is 5.92 Å². The summed E-state index contributed by atoms with van der Waals surface area (Å²) in [5, 5.41) is 12.8. The van der Waals surface area contributed by atoms with Crippen molar-refractivity contribution in [3.63, 3.8) is 0 Å². The van der Waals surface area contributed by atoms with E-state index in [0.29, 0.717) is 53.6 Å². The molecule has 1 saturated heterocycles. The number of hydrogen-bond acceptors (Lipinski definition) is 8. The van der Waals surface area contributed by atoms with Gasteiger partial charge in [-0.25, -0.2) is 0 Å². The molecular weight excluding hydrogens is 512 g/mol. The zero-order chi connectivity index (χ0) is 27.4. The summed E-state index contributed by atoms with van der Waals surface area (Å²) >= 11 is 0. The Balaban J connectivity index is 1.26. The molecule has 210 valence electrons. The molecule has 9 heteroatoms. The molecule has 1 unspecified atom stereocenters. The van der Waals surface area contributed by atoms with E-state index < -0.39 is 23.2 Å². The Morgan fingerprint density at radius 1 is 1.05 bits per heavy atom. The molecule has 2 aromatic carbocycles. The van der Waals surface area contributed by atoms with E-state index in [0.717, 1.165) is 30.6 Å². The van der Waals surface area contributed by atoms with Crippen molar-refractivity contribution in [3.05, 3.63) is 52.6 Å². The van der Waals surface area contributed by atoms with Crippen molar-refractivity contribution >= 4 is 11.8 Å². The van der Waals surface area contributed by atoms with E-state index in [1.165, 1.54) is 24.9 Å². The van der Waals surface area contributed by atoms with Gasteiger partial charge in [-0.15, -0.1) is 0 Å². The van der Waals surface area contributed by atoms with Gasteiger partial charge >= 0.3 is 0 Å². The lowest BCUT2D eigenvalue weighted by Gasteiger charge is -2.64. The first-order valence-electron chi connectivity index (χ1n) is 14.4. The number of fused-ring (bicyclic) bond motifs is 1. The number of nitrogens with zero attached hydrogens (tertiary/aromatic N) is 2. The molecular formula is C31H34N2O7. The summed E-state index contributed by atoms with van der Waals surface area (Å²) in [7, 11) is 3.08. The minimum absolute atomic E-state index is 0.0413. The summed E-state index contributed by atoms with van der Waals surface area (Å²) in [6.07, 6.45) is 4.29. The van der Waals surface area contributed by atoms with Gasteiger partial charge in [0.05, 0.1) is 35.3 Å². The molecule has 1 N–H and O–H groups in total. The maximum absolute atomic E-state index is 13.9. The molecule has 5 atom stereocenters. The number of ether oxygens (including phenoxy) is 4. The van der Waals surface area contributed by atoms with Crippen LogP contribution >= 0.6 is 0 Å². The minimum Gasteiger partial charge on any atom is -0.496 e. The number of hydrogen-bond donors (Lipinski definition) is 1. The van der Waals surface area contributed by atoms with Gasteiger partial charge in [0.25, 0.3) is 11.8 Å². The van der Waals surface area contributed by atoms with E-state index in [1.54, 1.807) is 25.3 Å². The first kappa shape index (κ1) is 24.6. The second-order valence-electron chi connectivity index (χ2n) is 12.3. The molecule has 2 amide bonds. The van der Waals surface area contributed by atoms with Crippen LogP contribution in [0.1, 0.15) is 63.9 Å². The quantitative estimate of drug-likeness (QED) is 0.418. The molecule has 0 radical (unpaired) electrons. The molecule has 1 spiro atoms. The van der Waals surface area contributed by atoms with Crippen molar-refractivity contribution in [1.29, 1.82) is 0 Å². The predicted molar refractivity (Wildman–Crippen MR) is 143 cm³/mol. The second kappa shape index (κ2) is 8.44. The van der Waals surface area contributed by atoms with E-state index in [-0.39, 0.29) is 24.6 Å². The molecule has 2 saturated carbocycles. The first-order chi connectivity index (χ1) is 19.4. The fraction of sp³-hybridized carbons (Fsp3) is 0.548. The van der Waals surface area contributed by atoms with Crippen molar-refractivity contribution in [2.45, 2.75) is 67.7 Å². The number of piperidine rings is 1. The molecule has 3 heterocycles. The highest BCUT2D eigenvalue weighted by Gasteiger charge is 2.74. The normalized spacial score (nSPS) is 33.5. The van der Waals surface area contributed by atoms with Gasteiger partial charge in [0.15, 0.2) is 18.3 Å². The third-order valence-corrected chi connectivity index (χ3v) is 10.5. The highest BCUT2D eigenvalue weighted by Crippen LogP contribution is 2.66. The highest BCUT2D eigenvalue weighted by atomic mass is 16.7. The van der Waals surface area contributed by atoms with Crippen LogP contribution in [0, 0.1) is 5.92 Å². The van der Waals surface area contributed by atoms with Gasteiger partial charge in [-0.3, -0.25) is 19.4 Å². The van der Waals surface area contributed by atoms with Crippen molar-refractivity contribution in [2.75, 3.05) is 34.1 Å². The number of imide groups is 1. The highest BCUT2D eigenvalue weighted by molar-refractivity contribution is 6.23. The van der Waals surface area contributed by atoms with E-state index >= 15 is 0 Å². The number of methoxy groups -OCH3 is 2. The van der Waals surface area contributed by atoms with E-state index in [2.05, 4.69) is 11.0 Å². The van der Waals surface area contributed by atoms with Crippen molar-refractivity contribution in [1.82, 2.24) is 9.80 Å². The fourth-order valence-electron chi connectivity index (χ4n) is 8.69. The number of carbonyl (C=O) groups excluding carboxylic acids is 2. The summed E-state index contributed by atoms with van der Waals surface area (Å²) in [5.41, 5.74) is 1.00. The average Bonchev–Trinajstić information content (AvgIpc) is 3.65. The minimum atomic E-state index is -1.05. The third-order valence-electron chi connectivity index (χ3n) is 10.5. The van der Waals surface area contributed by atoms with E-state index in [4.69, 9.17) is 18.9 Å². The van der Waals surface area contributed by atoms with Crippen LogP contribution in [0.4, 0.5) is 0 Å². The Labute approximate surface area is 232 Å². The summed E-state index contributed by atoms with van der Waals surface area (Å²) in [6.45, 7) is 1.91. The molecule has 0 aromatic heterocycles. The number of carbonyl (C=O) groups is 2. The summed E-state index contributed by atoms with van der Waals surface area (Å²) in [6, 6.07) is 8.57. The molecule has 3 aliphatic carbocycles. The maximum atomic E-state index is 13.9. The number of amides is 2. The van der Waals surface area contributed by atoms with Crippen molar-refractivity contribution < 1.29 is 33.6 Å². The van der Waals surface area contributed by atoms with Crippen molar-refractivity contribution in [3.8, 4) is 17.2 Å². The molecule has 40 heavy (non-hydrogen) atoms. The monoisotopic (exact) mass is 546 g/mol. The van der Waals surface area contributed by atoms with Crippen LogP contribution in [0.3, 0.4) is 0 Å². The Bertz CT molecular complexity index is 1440. The lowest BCUT2D eigenvalue weighted by molar-refractivity contribution is -0.196. The Hall–Kier alpha value is -3.14. The van der Waals surface area contributed by atoms with Crippen LogP contribution in [0.2, 0.25) is 0 Å². The molecule has 8 rings (SSSR count). The first-order valence-corrected chi connectivity index (χ1v) is 14.4. The zero-order valence-electron chi connectivity index (χ0n) is 22.9. The van der Waals surface area contributed by atoms with Gasteiger partial charge in [-0.05, 0) is 74.8 Å². The van der Waals surface area contributed by atoms with E-state index in [1.807, 2.05) is 6.07 Å². The third kappa shape index (κ3) is 2.98. The molecule has 3 fully saturated rings. The summed E-state index contributed by atoms with van der Waals surface area (Å²) < 4.78 is 23.4. The Kier molecular flexibility index (Phi) is 5.20. The number of aliphatic hydroxyl groups is 1. The standard InChI is InChI=1S/C31H34N2O7/c1-37-16-39-22-9-8-18-14-23-31(36)11-10-20(33-28(34)19-4-3-5-21(38-2)24(19)29(33)35)27-30(31,25(18)26(22)40-27)12-13-32(23)15-17-6-7-17/h3-5,8-9,17,20,23,27,36H,6-7,10-16H2,1-2H3/t20-,23-,27+,30+,31?/m1/s1. The van der Waals surface area contributed by atoms with E-state index in [9.17, 15) is 14.7 Å². The van der Waals surface area contributed by atoms with Crippen LogP contribution in [-0.2, 0) is 16.6 Å². The topological polar surface area (TPSA) is 97.8 Å². The SMILES string of the molecule is COCOc1ccc2c3c1O[C@H]1[C@H](N4C(=O)c5cccc(OC)c5C4=O)CCC4(O)[C@@H](C2)N(CC2CC2)CC[C@]314. The summed E-state index contributed by atoms with van der Waals surface area (Å²) in [4.78, 5) is 31.6. The van der Waals surface area contributed by atoms with Crippen LogP contribution in [-0.4, -0.2) is 84.6 Å². The smallest absolute Gasteiger partial charge is 0.265 e. The predicted octanol–water partition coefficient (Wildman–Crippen LogP) is 2.91. The largest absolute Gasteiger partial charge is 0.496 e. The van der Waals surface area contributed by atoms with Gasteiger partial charge in [-0.1, -0.05) is 12.1 Å². The molecule has 9 nitrogen and oxygen atoms in total. The lowest BCUT2D eigenvalue weighted by Crippen LogP contribution is -2.78. The molecule has 2 aromatic rings. The van der Waals surface area contributed by atoms with Gasteiger partial charge in [0.2, 0.25) is 0 Å². The van der Waals surface area contributed by atoms with Crippen LogP contribution in [0.25, 0.3) is 0 Å². The van der Waals surface area contributed by atoms with Gasteiger partial charge in [-0.2, -0.15) is 0 Å². The molecule has 6 aliphatic rings. The van der Waals surface area contributed by atoms with Crippen LogP contribution in [0.5, 0.6) is 17.2 Å². The number of likely N-dealkylation sites (tertiary alicyclic amines) is 1. The Morgan fingerprint density at radius 2 is 1.90 bits per heavy atom. The van der Waals surface area contributed by atoms with Crippen LogP contribution < -0.4 is 14.2 Å². The van der Waals surface area contributed by atoms with Gasteiger partial charge in [0.1, 0.15) is 11.9 Å². The Morgan fingerprint density at radius 3 is 2.67 bits per heavy atom. The summed E-state index contributed by atoms with van der Waals surface area (Å²) in [5.74, 6) is 1.59. The number of rotatable bonds is 7. The number of benzene rings is 2. The average molecular weight is 547 g/mol. The van der Waals surface area contributed by atoms with Crippen LogP contribution in [0.15, 0.2) is 30.3 Å². The second-order valence-corrected chi connectivity index (χ2v) is 12.3. The maximum Gasteiger partial charge on any atom is 0.265 e. The van der Waals surface area contributed by atoms with Gasteiger partial charge in [0, 0.05) is 25.3 Å². The molecule has 2 bridgehead atoms. The molecule has 3 aliphatic heterocycles.